The van der Waals surface area contributed by atoms with E-state index in [1.165, 1.54) is 10.5 Å². The van der Waals surface area contributed by atoms with E-state index in [0.29, 0.717) is 19.4 Å². The van der Waals surface area contributed by atoms with Crippen molar-refractivity contribution < 1.29 is 19.1 Å². The zero-order chi connectivity index (χ0) is 21.8. The fraction of sp³-hybridized carbons (Fsp3) is 0.400. The van der Waals surface area contributed by atoms with Crippen LogP contribution < -0.4 is 9.80 Å². The van der Waals surface area contributed by atoms with Crippen LogP contribution in [0.1, 0.15) is 31.2 Å². The molecule has 1 fully saturated rings. The molecule has 162 valence electrons. The molecule has 1 aliphatic heterocycles. The zero-order valence-corrected chi connectivity index (χ0v) is 17.8. The molecule has 0 radical (unpaired) electrons. The maximum Gasteiger partial charge on any atom is 0.310 e. The molecule has 2 unspecified atom stereocenters. The molecule has 0 N–H and O–H groups in total. The third kappa shape index (κ3) is 4.48. The van der Waals surface area contributed by atoms with Crippen LogP contribution in [-0.2, 0) is 25.5 Å². The Morgan fingerprint density at radius 3 is 2.42 bits per heavy atom. The van der Waals surface area contributed by atoms with Gasteiger partial charge in [-0.1, -0.05) is 49.2 Å². The molecule has 2 amide bonds. The molecule has 31 heavy (non-hydrogen) atoms. The van der Waals surface area contributed by atoms with E-state index in [0.717, 1.165) is 30.6 Å². The third-order valence-corrected chi connectivity index (χ3v) is 6.39. The second kappa shape index (κ2) is 9.33. The fourth-order valence-electron chi connectivity index (χ4n) is 4.61. The highest BCUT2D eigenvalue weighted by Gasteiger charge is 2.40. The van der Waals surface area contributed by atoms with Gasteiger partial charge in [0.15, 0.2) is 6.61 Å². The number of carbonyl (C=O) groups is 3. The largest absolute Gasteiger partial charge is 0.455 e. The lowest BCUT2D eigenvalue weighted by Gasteiger charge is -2.32. The van der Waals surface area contributed by atoms with Gasteiger partial charge in [0.2, 0.25) is 5.91 Å². The third-order valence-electron chi connectivity index (χ3n) is 6.39. The van der Waals surface area contributed by atoms with Crippen LogP contribution in [0, 0.1) is 11.8 Å². The molecule has 0 spiro atoms. The Morgan fingerprint density at radius 2 is 1.65 bits per heavy atom. The molecular formula is C25H28N2O4. The fourth-order valence-corrected chi connectivity index (χ4v) is 4.61. The lowest BCUT2D eigenvalue weighted by molar-refractivity contribution is -0.156. The minimum atomic E-state index is -0.496. The molecular weight excluding hydrogens is 392 g/mol. The van der Waals surface area contributed by atoms with Gasteiger partial charge >= 0.3 is 5.97 Å². The number of likely N-dealkylation sites (N-methyl/N-ethyl adjacent to an activating group) is 1. The molecule has 2 aromatic carbocycles. The van der Waals surface area contributed by atoms with Gasteiger partial charge in [-0.3, -0.25) is 14.4 Å². The van der Waals surface area contributed by atoms with E-state index >= 15 is 0 Å². The van der Waals surface area contributed by atoms with Crippen LogP contribution >= 0.6 is 0 Å². The Morgan fingerprint density at radius 1 is 0.968 bits per heavy atom. The SMILES string of the molecule is CN(C(=O)COC(=O)C1CCCCC1C(=O)N1CCc2ccccc21)c1ccccc1. The van der Waals surface area contributed by atoms with Gasteiger partial charge in [-0.05, 0) is 43.0 Å². The summed E-state index contributed by atoms with van der Waals surface area (Å²) < 4.78 is 5.40. The first kappa shape index (κ1) is 21.1. The summed E-state index contributed by atoms with van der Waals surface area (Å²) in [6.45, 7) is 0.324. The summed E-state index contributed by atoms with van der Waals surface area (Å²) in [6.07, 6.45) is 3.94. The Kier molecular flexibility index (Phi) is 6.35. The minimum Gasteiger partial charge on any atom is -0.455 e. The first-order valence-electron chi connectivity index (χ1n) is 10.9. The van der Waals surface area contributed by atoms with Crippen LogP contribution in [0.5, 0.6) is 0 Å². The number of amides is 2. The molecule has 2 atom stereocenters. The second-order valence-electron chi connectivity index (χ2n) is 8.26. The molecule has 1 heterocycles. The summed E-state index contributed by atoms with van der Waals surface area (Å²) in [5, 5.41) is 0. The standard InChI is InChI=1S/C25H28N2O4/c1-26(19-10-3-2-4-11-19)23(28)17-31-25(30)21-13-7-6-12-20(21)24(29)27-16-15-18-9-5-8-14-22(18)27/h2-5,8-11,14,20-21H,6-7,12-13,15-17H2,1H3. The number of ether oxygens (including phenoxy) is 1. The molecule has 0 aromatic heterocycles. The van der Waals surface area contributed by atoms with E-state index in [1.807, 2.05) is 59.5 Å². The van der Waals surface area contributed by atoms with Gasteiger partial charge in [-0.15, -0.1) is 0 Å². The summed E-state index contributed by atoms with van der Waals surface area (Å²) in [4.78, 5) is 42.0. The minimum absolute atomic E-state index is 0.000620. The van der Waals surface area contributed by atoms with E-state index in [-0.39, 0.29) is 18.4 Å². The summed E-state index contributed by atoms with van der Waals surface area (Å²) in [5.74, 6) is -1.63. The first-order chi connectivity index (χ1) is 15.1. The van der Waals surface area contributed by atoms with Crippen LogP contribution in [0.4, 0.5) is 11.4 Å². The van der Waals surface area contributed by atoms with Crippen molar-refractivity contribution in [2.75, 3.05) is 30.0 Å². The first-order valence-corrected chi connectivity index (χ1v) is 10.9. The van der Waals surface area contributed by atoms with Crippen LogP contribution in [0.3, 0.4) is 0 Å². The molecule has 0 saturated heterocycles. The summed E-state index contributed by atoms with van der Waals surface area (Å²) in [6, 6.07) is 17.1. The van der Waals surface area contributed by atoms with Crippen molar-refractivity contribution in [3.8, 4) is 0 Å². The van der Waals surface area contributed by atoms with Gasteiger partial charge < -0.3 is 14.5 Å². The number of para-hydroxylation sites is 2. The molecule has 6 nitrogen and oxygen atoms in total. The van der Waals surface area contributed by atoms with Crippen LogP contribution in [0.2, 0.25) is 0 Å². The molecule has 1 aliphatic carbocycles. The van der Waals surface area contributed by atoms with Crippen LogP contribution in [0.25, 0.3) is 0 Å². The van der Waals surface area contributed by atoms with Crippen molar-refractivity contribution in [1.29, 1.82) is 0 Å². The van der Waals surface area contributed by atoms with E-state index in [4.69, 9.17) is 4.74 Å². The van der Waals surface area contributed by atoms with Gasteiger partial charge in [-0.2, -0.15) is 0 Å². The summed E-state index contributed by atoms with van der Waals surface area (Å²) in [7, 11) is 1.66. The maximum absolute atomic E-state index is 13.4. The van der Waals surface area contributed by atoms with Crippen molar-refractivity contribution >= 4 is 29.2 Å². The highest BCUT2D eigenvalue weighted by molar-refractivity contribution is 5.99. The number of nitrogens with zero attached hydrogens (tertiary/aromatic N) is 2. The molecule has 2 aromatic rings. The monoisotopic (exact) mass is 420 g/mol. The van der Waals surface area contributed by atoms with Gasteiger partial charge in [-0.25, -0.2) is 0 Å². The van der Waals surface area contributed by atoms with Crippen LogP contribution in [0.15, 0.2) is 54.6 Å². The zero-order valence-electron chi connectivity index (χ0n) is 17.8. The topological polar surface area (TPSA) is 66.9 Å². The summed E-state index contributed by atoms with van der Waals surface area (Å²) in [5.41, 5.74) is 2.85. The normalized spacial score (nSPS) is 20.1. The van der Waals surface area contributed by atoms with Gasteiger partial charge in [0, 0.05) is 25.0 Å². The lowest BCUT2D eigenvalue weighted by atomic mass is 9.78. The number of carbonyl (C=O) groups excluding carboxylic acids is 3. The number of rotatable bonds is 5. The van der Waals surface area contributed by atoms with Crippen molar-refractivity contribution in [3.63, 3.8) is 0 Å². The van der Waals surface area contributed by atoms with Gasteiger partial charge in [0.05, 0.1) is 11.8 Å². The van der Waals surface area contributed by atoms with Gasteiger partial charge in [0.25, 0.3) is 5.91 Å². The number of hydrogen-bond acceptors (Lipinski definition) is 4. The van der Waals surface area contributed by atoms with Gasteiger partial charge in [0.1, 0.15) is 0 Å². The smallest absolute Gasteiger partial charge is 0.310 e. The molecule has 4 rings (SSSR count). The van der Waals surface area contributed by atoms with Crippen molar-refractivity contribution in [2.45, 2.75) is 32.1 Å². The predicted octanol–water partition coefficient (Wildman–Crippen LogP) is 3.59. The van der Waals surface area contributed by atoms with E-state index in [1.54, 1.807) is 7.05 Å². The van der Waals surface area contributed by atoms with E-state index in [2.05, 4.69) is 0 Å². The summed E-state index contributed by atoms with van der Waals surface area (Å²) >= 11 is 0. The Labute approximate surface area is 182 Å². The molecule has 6 heteroatoms. The maximum atomic E-state index is 13.4. The number of benzene rings is 2. The van der Waals surface area contributed by atoms with E-state index < -0.39 is 17.8 Å². The molecule has 1 saturated carbocycles. The number of hydrogen-bond donors (Lipinski definition) is 0. The van der Waals surface area contributed by atoms with Crippen molar-refractivity contribution in [1.82, 2.24) is 0 Å². The lowest BCUT2D eigenvalue weighted by Crippen LogP contribution is -2.43. The Hall–Kier alpha value is -3.15. The average Bonchev–Trinajstić information content (AvgIpc) is 3.26. The highest BCUT2D eigenvalue weighted by Crippen LogP contribution is 2.36. The Balaban J connectivity index is 1.40. The number of esters is 1. The predicted molar refractivity (Wildman–Crippen MR) is 119 cm³/mol. The number of fused-ring (bicyclic) bond motifs is 1. The van der Waals surface area contributed by atoms with Crippen molar-refractivity contribution in [3.05, 3.63) is 60.2 Å². The number of anilines is 2. The average molecular weight is 421 g/mol. The van der Waals surface area contributed by atoms with E-state index in [9.17, 15) is 14.4 Å². The van der Waals surface area contributed by atoms with Crippen molar-refractivity contribution in [2.24, 2.45) is 11.8 Å². The molecule has 2 aliphatic rings. The van der Waals surface area contributed by atoms with Crippen LogP contribution in [-0.4, -0.2) is 38.0 Å². The molecule has 0 bridgehead atoms. The Bertz CT molecular complexity index is 959. The quantitative estimate of drug-likeness (QED) is 0.694. The second-order valence-corrected chi connectivity index (χ2v) is 8.26. The highest BCUT2D eigenvalue weighted by atomic mass is 16.5.